The molecule has 118 valence electrons. The molecular weight excluding hydrogens is 366 g/mol. The van der Waals surface area contributed by atoms with Gasteiger partial charge in [0, 0.05) is 18.0 Å². The van der Waals surface area contributed by atoms with Crippen LogP contribution in [0.15, 0.2) is 4.60 Å². The number of anilines is 1. The highest BCUT2D eigenvalue weighted by atomic mass is 79.9. The van der Waals surface area contributed by atoms with E-state index in [2.05, 4.69) is 44.0 Å². The van der Waals surface area contributed by atoms with Crippen molar-refractivity contribution in [2.75, 3.05) is 31.2 Å². The quantitative estimate of drug-likeness (QED) is 0.757. The fourth-order valence-corrected chi connectivity index (χ4v) is 4.75. The van der Waals surface area contributed by atoms with Crippen molar-refractivity contribution in [3.05, 3.63) is 15.7 Å². The van der Waals surface area contributed by atoms with Crippen molar-refractivity contribution in [3.63, 3.8) is 0 Å². The zero-order chi connectivity index (χ0) is 15.3. The summed E-state index contributed by atoms with van der Waals surface area (Å²) in [6, 6.07) is 0. The zero-order valence-electron chi connectivity index (χ0n) is 12.7. The minimum atomic E-state index is -0.134. The van der Waals surface area contributed by atoms with Gasteiger partial charge >= 0.3 is 0 Å². The van der Waals surface area contributed by atoms with Gasteiger partial charge in [0.15, 0.2) is 0 Å². The van der Waals surface area contributed by atoms with Crippen molar-refractivity contribution in [1.29, 1.82) is 0 Å². The molecule has 2 aliphatic heterocycles. The van der Waals surface area contributed by atoms with Gasteiger partial charge in [-0.3, -0.25) is 4.90 Å². The molecule has 0 saturated carbocycles. The first-order valence-electron chi connectivity index (χ1n) is 7.54. The Morgan fingerprint density at radius 3 is 2.82 bits per heavy atom. The van der Waals surface area contributed by atoms with Crippen LogP contribution in [0.25, 0.3) is 10.2 Å². The number of aromatic nitrogens is 2. The van der Waals surface area contributed by atoms with E-state index >= 15 is 0 Å². The molecule has 0 atom stereocenters. The molecule has 0 amide bonds. The Kier molecular flexibility index (Phi) is 3.64. The SMILES string of the molecule is CC1(C)Cc2c(c(N3CCOCC3)[nH+]c3snc(Br)c23)CO1. The van der Waals surface area contributed by atoms with Crippen molar-refractivity contribution in [2.24, 2.45) is 0 Å². The van der Waals surface area contributed by atoms with Gasteiger partial charge in [0.2, 0.25) is 4.83 Å². The van der Waals surface area contributed by atoms with E-state index in [-0.39, 0.29) is 5.60 Å². The van der Waals surface area contributed by atoms with E-state index < -0.39 is 0 Å². The maximum Gasteiger partial charge on any atom is 0.281 e. The number of halogens is 1. The maximum atomic E-state index is 6.08. The lowest BCUT2D eigenvalue weighted by Gasteiger charge is -2.33. The third-order valence-electron chi connectivity index (χ3n) is 4.37. The normalized spacial score (nSPS) is 21.1. The first-order chi connectivity index (χ1) is 10.6. The molecule has 0 radical (unpaired) electrons. The Labute approximate surface area is 141 Å². The van der Waals surface area contributed by atoms with Gasteiger partial charge in [-0.25, -0.2) is 4.98 Å². The fourth-order valence-electron chi connectivity index (χ4n) is 3.25. The van der Waals surface area contributed by atoms with Crippen LogP contribution >= 0.6 is 27.5 Å². The van der Waals surface area contributed by atoms with E-state index in [1.807, 2.05) is 0 Å². The molecule has 1 saturated heterocycles. The molecule has 0 bridgehead atoms. The number of pyridine rings is 1. The molecule has 2 aromatic rings. The Morgan fingerprint density at radius 2 is 2.05 bits per heavy atom. The summed E-state index contributed by atoms with van der Waals surface area (Å²) in [7, 11) is 0. The molecule has 0 aromatic carbocycles. The van der Waals surface area contributed by atoms with Gasteiger partial charge in [-0.15, -0.1) is 0 Å². The van der Waals surface area contributed by atoms with Gasteiger partial charge in [-0.2, -0.15) is 4.37 Å². The smallest absolute Gasteiger partial charge is 0.281 e. The summed E-state index contributed by atoms with van der Waals surface area (Å²) in [6.07, 6.45) is 0.905. The highest BCUT2D eigenvalue weighted by Crippen LogP contribution is 2.39. The van der Waals surface area contributed by atoms with Gasteiger partial charge in [0.25, 0.3) is 5.82 Å². The van der Waals surface area contributed by atoms with E-state index in [0.29, 0.717) is 6.61 Å². The molecule has 1 fully saturated rings. The molecule has 1 N–H and O–H groups in total. The summed E-state index contributed by atoms with van der Waals surface area (Å²) in [5, 5.41) is 1.22. The lowest BCUT2D eigenvalue weighted by atomic mass is 9.90. The average Bonchev–Trinajstić information content (AvgIpc) is 2.88. The number of fused-ring (bicyclic) bond motifs is 3. The highest BCUT2D eigenvalue weighted by Gasteiger charge is 2.35. The molecule has 0 spiro atoms. The number of nitrogens with one attached hydrogen (secondary N) is 1. The van der Waals surface area contributed by atoms with Crippen LogP contribution in [0.2, 0.25) is 0 Å². The number of H-pyrrole nitrogens is 1. The molecule has 22 heavy (non-hydrogen) atoms. The topological polar surface area (TPSA) is 48.7 Å². The lowest BCUT2D eigenvalue weighted by Crippen LogP contribution is -2.42. The van der Waals surface area contributed by atoms with Crippen LogP contribution in [-0.4, -0.2) is 36.3 Å². The van der Waals surface area contributed by atoms with E-state index in [4.69, 9.17) is 9.47 Å². The molecule has 4 heterocycles. The number of hydrogen-bond donors (Lipinski definition) is 0. The number of nitrogens with zero attached hydrogens (tertiary/aromatic N) is 2. The first kappa shape index (κ1) is 14.8. The van der Waals surface area contributed by atoms with Gasteiger partial charge in [-0.1, -0.05) is 0 Å². The second kappa shape index (κ2) is 5.40. The van der Waals surface area contributed by atoms with Crippen LogP contribution in [0.5, 0.6) is 0 Å². The first-order valence-corrected chi connectivity index (χ1v) is 9.10. The van der Waals surface area contributed by atoms with Crippen LogP contribution in [0, 0.1) is 0 Å². The summed E-state index contributed by atoms with van der Waals surface area (Å²) in [4.78, 5) is 7.09. The minimum Gasteiger partial charge on any atom is -0.373 e. The third kappa shape index (κ3) is 2.44. The standard InChI is InChI=1S/C15H18BrN3O2S/c1-15(2)7-9-10(8-21-15)13(19-3-5-20-6-4-19)17-14-11(9)12(16)18-22-14/h3-8H2,1-2H3/p+1. The third-order valence-corrected chi connectivity index (χ3v) is 5.94. The monoisotopic (exact) mass is 384 g/mol. The van der Waals surface area contributed by atoms with Crippen LogP contribution in [-0.2, 0) is 22.5 Å². The van der Waals surface area contributed by atoms with Crippen LogP contribution < -0.4 is 9.88 Å². The van der Waals surface area contributed by atoms with E-state index in [1.165, 1.54) is 33.9 Å². The maximum absolute atomic E-state index is 6.08. The summed E-state index contributed by atoms with van der Waals surface area (Å²) in [6.45, 7) is 8.33. The number of aromatic amines is 1. The van der Waals surface area contributed by atoms with Crippen molar-refractivity contribution >= 4 is 43.5 Å². The van der Waals surface area contributed by atoms with Crippen molar-refractivity contribution in [2.45, 2.75) is 32.5 Å². The summed E-state index contributed by atoms with van der Waals surface area (Å²) < 4.78 is 17.0. The lowest BCUT2D eigenvalue weighted by molar-refractivity contribution is -0.329. The van der Waals surface area contributed by atoms with Crippen LogP contribution in [0.3, 0.4) is 0 Å². The average molecular weight is 385 g/mol. The number of morpholine rings is 1. The molecule has 0 unspecified atom stereocenters. The van der Waals surface area contributed by atoms with Crippen LogP contribution in [0.4, 0.5) is 5.82 Å². The van der Waals surface area contributed by atoms with E-state index in [0.717, 1.165) is 42.2 Å². The molecule has 0 aliphatic carbocycles. The molecule has 5 nitrogen and oxygen atoms in total. The summed E-state index contributed by atoms with van der Waals surface area (Å²) >= 11 is 5.12. The molecule has 7 heteroatoms. The summed E-state index contributed by atoms with van der Waals surface area (Å²) in [5.41, 5.74) is 2.51. The molecule has 2 aliphatic rings. The predicted octanol–water partition coefficient (Wildman–Crippen LogP) is 2.56. The van der Waals surface area contributed by atoms with Gasteiger partial charge < -0.3 is 9.47 Å². The Balaban J connectivity index is 1.91. The van der Waals surface area contributed by atoms with Crippen molar-refractivity contribution in [3.8, 4) is 0 Å². The van der Waals surface area contributed by atoms with Gasteiger partial charge in [0.1, 0.15) is 17.7 Å². The van der Waals surface area contributed by atoms with E-state index in [9.17, 15) is 0 Å². The minimum absolute atomic E-state index is 0.134. The number of ether oxygens (including phenoxy) is 2. The molecule has 2 aromatic heterocycles. The second-order valence-electron chi connectivity index (χ2n) is 6.43. The summed E-state index contributed by atoms with van der Waals surface area (Å²) in [5.74, 6) is 1.18. The van der Waals surface area contributed by atoms with Crippen molar-refractivity contribution in [1.82, 2.24) is 4.37 Å². The van der Waals surface area contributed by atoms with E-state index in [1.54, 1.807) is 0 Å². The number of rotatable bonds is 1. The Morgan fingerprint density at radius 1 is 1.27 bits per heavy atom. The van der Waals surface area contributed by atoms with Gasteiger partial charge in [-0.05, 0) is 35.3 Å². The predicted molar refractivity (Wildman–Crippen MR) is 89.5 cm³/mol. The largest absolute Gasteiger partial charge is 0.373 e. The van der Waals surface area contributed by atoms with Crippen LogP contribution in [0.1, 0.15) is 25.0 Å². The molecule has 4 rings (SSSR count). The second-order valence-corrected chi connectivity index (χ2v) is 7.96. The molecular formula is C15H19BrN3O2S+. The zero-order valence-corrected chi connectivity index (χ0v) is 15.1. The Bertz CT molecular complexity index is 725. The highest BCUT2D eigenvalue weighted by molar-refractivity contribution is 9.10. The number of hydrogen-bond acceptors (Lipinski definition) is 5. The Hall–Kier alpha value is -0.760. The van der Waals surface area contributed by atoms with Crippen molar-refractivity contribution < 1.29 is 14.5 Å². The fraction of sp³-hybridized carbons (Fsp3) is 0.600. The van der Waals surface area contributed by atoms with Gasteiger partial charge in [0.05, 0.1) is 36.4 Å².